The van der Waals surface area contributed by atoms with Gasteiger partial charge in [-0.1, -0.05) is 25.2 Å². The lowest BCUT2D eigenvalue weighted by atomic mass is 10.1. The molecule has 0 aliphatic rings. The van der Waals surface area contributed by atoms with E-state index in [0.29, 0.717) is 5.69 Å². The average molecular weight is 278 g/mol. The molecule has 1 heterocycles. The highest BCUT2D eigenvalue weighted by Crippen LogP contribution is 2.23. The molecule has 98 valence electrons. The summed E-state index contributed by atoms with van der Waals surface area (Å²) in [6.07, 6.45) is 0. The number of aryl methyl sites for hydroxylation is 1. The van der Waals surface area contributed by atoms with Crippen molar-refractivity contribution >= 4 is 21.4 Å². The Balaban J connectivity index is 3.20. The molecule has 17 heavy (non-hydrogen) atoms. The fourth-order valence-electron chi connectivity index (χ4n) is 1.41. The number of nitrogens with one attached hydrogen (secondary N) is 1. The number of nitrogens with zero attached hydrogens (tertiary/aromatic N) is 1. The van der Waals surface area contributed by atoms with Crippen LogP contribution in [-0.4, -0.2) is 30.8 Å². The zero-order chi connectivity index (χ0) is 13.4. The number of sulfonamides is 1. The lowest BCUT2D eigenvalue weighted by Gasteiger charge is -2.26. The summed E-state index contributed by atoms with van der Waals surface area (Å²) >= 11 is 0.738. The van der Waals surface area contributed by atoms with E-state index in [4.69, 9.17) is 0 Å². The van der Waals surface area contributed by atoms with Crippen molar-refractivity contribution < 1.29 is 8.42 Å². The molecule has 1 N–H and O–H groups in total. The first-order chi connectivity index (χ1) is 7.67. The topological polar surface area (TPSA) is 70.2 Å². The van der Waals surface area contributed by atoms with Gasteiger partial charge in [0.2, 0.25) is 0 Å². The maximum absolute atomic E-state index is 12.3. The summed E-state index contributed by atoms with van der Waals surface area (Å²) in [6, 6.07) is -0.114. The zero-order valence-corrected chi connectivity index (χ0v) is 12.3. The molecule has 7 heteroatoms. The molecule has 1 rings (SSSR count). The molecular weight excluding hydrogens is 260 g/mol. The average Bonchev–Trinajstić information content (AvgIpc) is 2.56. The van der Waals surface area contributed by atoms with Gasteiger partial charge in [0, 0.05) is 18.8 Å². The van der Waals surface area contributed by atoms with Gasteiger partial charge in [-0.05, 0) is 19.8 Å². The number of aromatic amines is 1. The normalized spacial score (nSPS) is 14.5. The second-order valence-electron chi connectivity index (χ2n) is 4.43. The van der Waals surface area contributed by atoms with Crippen LogP contribution in [0.5, 0.6) is 0 Å². The summed E-state index contributed by atoms with van der Waals surface area (Å²) in [7, 11) is -2.03. The molecule has 1 atom stereocenters. The van der Waals surface area contributed by atoms with E-state index in [2.05, 4.69) is 4.98 Å². The SMILES string of the molecule is Cc1[nH]c(=O)sc1S(=O)(=O)N(C)C(C)C(C)C. The minimum atomic E-state index is -3.57. The number of H-pyrrole nitrogens is 1. The molecule has 0 saturated carbocycles. The van der Waals surface area contributed by atoms with Crippen LogP contribution in [0.3, 0.4) is 0 Å². The zero-order valence-electron chi connectivity index (χ0n) is 10.6. The van der Waals surface area contributed by atoms with E-state index in [-0.39, 0.29) is 21.0 Å². The number of hydrogen-bond acceptors (Lipinski definition) is 4. The third-order valence-electron chi connectivity index (χ3n) is 2.93. The van der Waals surface area contributed by atoms with Gasteiger partial charge in [0.15, 0.2) is 4.21 Å². The van der Waals surface area contributed by atoms with Crippen LogP contribution in [0.15, 0.2) is 9.00 Å². The molecule has 0 fully saturated rings. The van der Waals surface area contributed by atoms with Gasteiger partial charge in [0.05, 0.1) is 0 Å². The summed E-state index contributed by atoms with van der Waals surface area (Å²) in [5.74, 6) is 0.214. The van der Waals surface area contributed by atoms with Crippen LogP contribution in [0, 0.1) is 12.8 Å². The fourth-order valence-corrected chi connectivity index (χ4v) is 4.36. The Morgan fingerprint density at radius 3 is 2.18 bits per heavy atom. The Hall–Kier alpha value is -0.660. The van der Waals surface area contributed by atoms with Crippen molar-refractivity contribution in [3.63, 3.8) is 0 Å². The van der Waals surface area contributed by atoms with Gasteiger partial charge in [0.25, 0.3) is 10.0 Å². The van der Waals surface area contributed by atoms with Crippen molar-refractivity contribution in [3.8, 4) is 0 Å². The van der Waals surface area contributed by atoms with Crippen molar-refractivity contribution in [2.45, 2.75) is 37.9 Å². The second kappa shape index (κ2) is 4.91. The third-order valence-corrected chi connectivity index (χ3v) is 6.46. The Labute approximate surface area is 106 Å². The molecule has 1 unspecified atom stereocenters. The van der Waals surface area contributed by atoms with Gasteiger partial charge < -0.3 is 4.98 Å². The number of thiazole rings is 1. The molecule has 0 aromatic carbocycles. The van der Waals surface area contributed by atoms with Crippen molar-refractivity contribution in [1.29, 1.82) is 0 Å². The molecule has 1 aromatic rings. The Kier molecular flexibility index (Phi) is 4.16. The Morgan fingerprint density at radius 1 is 1.29 bits per heavy atom. The molecule has 0 bridgehead atoms. The van der Waals surface area contributed by atoms with E-state index in [0.717, 1.165) is 11.3 Å². The van der Waals surface area contributed by atoms with Crippen LogP contribution in [0.1, 0.15) is 26.5 Å². The molecule has 0 amide bonds. The number of hydrogen-bond donors (Lipinski definition) is 1. The second-order valence-corrected chi connectivity index (χ2v) is 7.61. The summed E-state index contributed by atoms with van der Waals surface area (Å²) < 4.78 is 26.0. The standard InChI is InChI=1S/C10H18N2O3S2/c1-6(2)8(4)12(5)17(14,15)9-7(3)11-10(13)16-9/h6,8H,1-5H3,(H,11,13). The van der Waals surface area contributed by atoms with Crippen molar-refractivity contribution in [2.24, 2.45) is 5.92 Å². The van der Waals surface area contributed by atoms with Crippen LogP contribution < -0.4 is 4.87 Å². The first-order valence-corrected chi connectivity index (χ1v) is 7.61. The molecule has 1 aromatic heterocycles. The van der Waals surface area contributed by atoms with Gasteiger partial charge in [0.1, 0.15) is 0 Å². The van der Waals surface area contributed by atoms with Crippen molar-refractivity contribution in [3.05, 3.63) is 15.4 Å². The van der Waals surface area contributed by atoms with E-state index in [1.165, 1.54) is 4.31 Å². The Morgan fingerprint density at radius 2 is 1.82 bits per heavy atom. The van der Waals surface area contributed by atoms with Gasteiger partial charge in [-0.25, -0.2) is 8.42 Å². The van der Waals surface area contributed by atoms with Crippen LogP contribution >= 0.6 is 11.3 Å². The molecule has 0 aliphatic carbocycles. The van der Waals surface area contributed by atoms with Crippen LogP contribution in [0.2, 0.25) is 0 Å². The van der Waals surface area contributed by atoms with Crippen molar-refractivity contribution in [2.75, 3.05) is 7.05 Å². The molecule has 5 nitrogen and oxygen atoms in total. The molecule has 0 spiro atoms. The molecular formula is C10H18N2O3S2. The lowest BCUT2D eigenvalue weighted by molar-refractivity contribution is 0.316. The Bertz CT molecular complexity index is 542. The van der Waals surface area contributed by atoms with Crippen LogP contribution in [-0.2, 0) is 10.0 Å². The van der Waals surface area contributed by atoms with E-state index in [1.807, 2.05) is 20.8 Å². The highest BCUT2D eigenvalue weighted by molar-refractivity contribution is 7.91. The smallest absolute Gasteiger partial charge is 0.305 e. The number of rotatable bonds is 4. The predicted molar refractivity (Wildman–Crippen MR) is 68.9 cm³/mol. The first-order valence-electron chi connectivity index (χ1n) is 5.35. The summed E-state index contributed by atoms with van der Waals surface area (Å²) in [5, 5.41) is 0. The molecule has 0 saturated heterocycles. The van der Waals surface area contributed by atoms with Gasteiger partial charge in [-0.2, -0.15) is 4.31 Å². The van der Waals surface area contributed by atoms with E-state index < -0.39 is 10.0 Å². The third kappa shape index (κ3) is 2.78. The van der Waals surface area contributed by atoms with E-state index in [1.54, 1.807) is 14.0 Å². The molecule has 0 radical (unpaired) electrons. The maximum atomic E-state index is 12.3. The fraction of sp³-hybridized carbons (Fsp3) is 0.700. The number of aromatic nitrogens is 1. The van der Waals surface area contributed by atoms with Crippen LogP contribution in [0.25, 0.3) is 0 Å². The van der Waals surface area contributed by atoms with Gasteiger partial charge >= 0.3 is 4.87 Å². The quantitative estimate of drug-likeness (QED) is 0.905. The van der Waals surface area contributed by atoms with Gasteiger partial charge in [-0.15, -0.1) is 0 Å². The first kappa shape index (κ1) is 14.4. The summed E-state index contributed by atoms with van der Waals surface area (Å²) in [4.78, 5) is 13.3. The van der Waals surface area contributed by atoms with E-state index in [9.17, 15) is 13.2 Å². The minimum absolute atomic E-state index is 0.109. The molecule has 0 aliphatic heterocycles. The minimum Gasteiger partial charge on any atom is -0.315 e. The largest absolute Gasteiger partial charge is 0.315 e. The lowest BCUT2D eigenvalue weighted by Crippen LogP contribution is -2.38. The summed E-state index contributed by atoms with van der Waals surface area (Å²) in [5.41, 5.74) is 0.405. The van der Waals surface area contributed by atoms with E-state index >= 15 is 0 Å². The predicted octanol–water partition coefficient (Wildman–Crippen LogP) is 1.41. The highest BCUT2D eigenvalue weighted by Gasteiger charge is 2.30. The summed E-state index contributed by atoms with van der Waals surface area (Å²) in [6.45, 7) is 7.37. The maximum Gasteiger partial charge on any atom is 0.305 e. The van der Waals surface area contributed by atoms with Crippen LogP contribution in [0.4, 0.5) is 0 Å². The monoisotopic (exact) mass is 278 g/mol. The van der Waals surface area contributed by atoms with Crippen molar-refractivity contribution in [1.82, 2.24) is 9.29 Å². The highest BCUT2D eigenvalue weighted by atomic mass is 32.2. The van der Waals surface area contributed by atoms with Gasteiger partial charge in [-0.3, -0.25) is 4.79 Å².